The molecule has 13 heavy (non-hydrogen) atoms. The summed E-state index contributed by atoms with van der Waals surface area (Å²) in [6.45, 7) is 7.16. The van der Waals surface area contributed by atoms with E-state index in [9.17, 15) is 0 Å². The Labute approximate surface area is 79.5 Å². The van der Waals surface area contributed by atoms with E-state index >= 15 is 0 Å². The summed E-state index contributed by atoms with van der Waals surface area (Å²) in [6, 6.07) is 4.86. The van der Waals surface area contributed by atoms with Gasteiger partial charge in [-0.2, -0.15) is 0 Å². The van der Waals surface area contributed by atoms with Crippen molar-refractivity contribution in [3.05, 3.63) is 37.2 Å². The van der Waals surface area contributed by atoms with Crippen LogP contribution in [0, 0.1) is 0 Å². The lowest BCUT2D eigenvalue weighted by Crippen LogP contribution is -2.21. The van der Waals surface area contributed by atoms with Crippen molar-refractivity contribution in [1.82, 2.24) is 9.47 Å². The molecule has 1 atom stereocenters. The zero-order valence-electron chi connectivity index (χ0n) is 7.89. The first-order chi connectivity index (χ1) is 6.40. The molecule has 0 N–H and O–H groups in total. The fourth-order valence-corrected chi connectivity index (χ4v) is 2.00. The molecule has 0 radical (unpaired) electrons. The molecule has 2 rings (SSSR count). The van der Waals surface area contributed by atoms with Gasteiger partial charge in [-0.15, -0.1) is 6.58 Å². The highest BCUT2D eigenvalue weighted by Crippen LogP contribution is 2.20. The van der Waals surface area contributed by atoms with Gasteiger partial charge in [-0.25, -0.2) is 0 Å². The van der Waals surface area contributed by atoms with E-state index in [2.05, 4.69) is 40.6 Å². The second-order valence-electron chi connectivity index (χ2n) is 3.62. The lowest BCUT2D eigenvalue weighted by atomic mass is 10.3. The van der Waals surface area contributed by atoms with Gasteiger partial charge in [0, 0.05) is 38.1 Å². The number of hydrogen-bond acceptors (Lipinski definition) is 1. The van der Waals surface area contributed by atoms with Gasteiger partial charge in [0.2, 0.25) is 0 Å². The third-order valence-corrected chi connectivity index (χ3v) is 2.68. The second-order valence-corrected chi connectivity index (χ2v) is 3.62. The first-order valence-corrected chi connectivity index (χ1v) is 4.86. The SMILES string of the molecule is C=CCN1CCC(n2cccc2)C1. The van der Waals surface area contributed by atoms with Crippen molar-refractivity contribution < 1.29 is 0 Å². The second kappa shape index (κ2) is 3.79. The molecule has 1 aliphatic rings. The van der Waals surface area contributed by atoms with Crippen molar-refractivity contribution in [1.29, 1.82) is 0 Å². The van der Waals surface area contributed by atoms with E-state index in [-0.39, 0.29) is 0 Å². The van der Waals surface area contributed by atoms with Crippen molar-refractivity contribution in [3.63, 3.8) is 0 Å². The van der Waals surface area contributed by atoms with Crippen LogP contribution in [-0.2, 0) is 0 Å². The fraction of sp³-hybridized carbons (Fsp3) is 0.455. The maximum Gasteiger partial charge on any atom is 0.0470 e. The first kappa shape index (κ1) is 8.57. The Morgan fingerprint density at radius 1 is 1.38 bits per heavy atom. The standard InChI is InChI=1S/C11H16N2/c1-2-6-12-9-5-11(10-12)13-7-3-4-8-13/h2-4,7-8,11H,1,5-6,9-10H2. The maximum atomic E-state index is 3.76. The smallest absolute Gasteiger partial charge is 0.0470 e. The van der Waals surface area contributed by atoms with Crippen LogP contribution >= 0.6 is 0 Å². The van der Waals surface area contributed by atoms with E-state index in [0.29, 0.717) is 6.04 Å². The van der Waals surface area contributed by atoms with Gasteiger partial charge in [-0.05, 0) is 18.6 Å². The molecule has 2 heteroatoms. The van der Waals surface area contributed by atoms with Crippen LogP contribution in [0.3, 0.4) is 0 Å². The van der Waals surface area contributed by atoms with Gasteiger partial charge in [0.1, 0.15) is 0 Å². The van der Waals surface area contributed by atoms with Crippen molar-refractivity contribution in [2.45, 2.75) is 12.5 Å². The number of aromatic nitrogens is 1. The molecule has 1 aromatic rings. The van der Waals surface area contributed by atoms with Crippen LogP contribution in [0.4, 0.5) is 0 Å². The third kappa shape index (κ3) is 1.83. The summed E-state index contributed by atoms with van der Waals surface area (Å²) in [7, 11) is 0. The number of nitrogens with zero attached hydrogens (tertiary/aromatic N) is 2. The zero-order valence-corrected chi connectivity index (χ0v) is 7.89. The first-order valence-electron chi connectivity index (χ1n) is 4.86. The summed E-state index contributed by atoms with van der Waals surface area (Å²) in [5.74, 6) is 0. The van der Waals surface area contributed by atoms with Gasteiger partial charge in [-0.1, -0.05) is 6.08 Å². The summed E-state index contributed by atoms with van der Waals surface area (Å²) in [5.41, 5.74) is 0. The molecule has 2 heterocycles. The van der Waals surface area contributed by atoms with Crippen molar-refractivity contribution in [2.24, 2.45) is 0 Å². The van der Waals surface area contributed by atoms with Gasteiger partial charge >= 0.3 is 0 Å². The minimum absolute atomic E-state index is 0.676. The highest BCUT2D eigenvalue weighted by molar-refractivity contribution is 4.96. The van der Waals surface area contributed by atoms with Crippen LogP contribution in [0.5, 0.6) is 0 Å². The number of rotatable bonds is 3. The number of likely N-dealkylation sites (tertiary alicyclic amines) is 1. The molecule has 1 aliphatic heterocycles. The van der Waals surface area contributed by atoms with Gasteiger partial charge in [0.15, 0.2) is 0 Å². The molecular formula is C11H16N2. The van der Waals surface area contributed by atoms with Crippen LogP contribution in [0.1, 0.15) is 12.5 Å². The summed E-state index contributed by atoms with van der Waals surface area (Å²) in [6.07, 6.45) is 7.56. The highest BCUT2D eigenvalue weighted by Gasteiger charge is 2.21. The molecule has 0 amide bonds. The predicted molar refractivity (Wildman–Crippen MR) is 54.7 cm³/mol. The molecule has 0 bridgehead atoms. The lowest BCUT2D eigenvalue weighted by Gasteiger charge is -2.14. The third-order valence-electron chi connectivity index (χ3n) is 2.68. The summed E-state index contributed by atoms with van der Waals surface area (Å²) < 4.78 is 2.31. The summed E-state index contributed by atoms with van der Waals surface area (Å²) in [4.78, 5) is 2.44. The monoisotopic (exact) mass is 176 g/mol. The van der Waals surface area contributed by atoms with E-state index in [1.54, 1.807) is 0 Å². The van der Waals surface area contributed by atoms with Crippen LogP contribution in [-0.4, -0.2) is 29.1 Å². The van der Waals surface area contributed by atoms with Crippen molar-refractivity contribution >= 4 is 0 Å². The topological polar surface area (TPSA) is 8.17 Å². The van der Waals surface area contributed by atoms with E-state index < -0.39 is 0 Å². The summed E-state index contributed by atoms with van der Waals surface area (Å²) in [5, 5.41) is 0. The van der Waals surface area contributed by atoms with Crippen LogP contribution < -0.4 is 0 Å². The fourth-order valence-electron chi connectivity index (χ4n) is 2.00. The molecule has 0 aliphatic carbocycles. The number of hydrogen-bond donors (Lipinski definition) is 0. The Hall–Kier alpha value is -1.02. The Bertz CT molecular complexity index is 264. The van der Waals surface area contributed by atoms with E-state index in [1.807, 2.05) is 6.08 Å². The van der Waals surface area contributed by atoms with Crippen molar-refractivity contribution in [2.75, 3.05) is 19.6 Å². The molecule has 0 saturated carbocycles. The van der Waals surface area contributed by atoms with E-state index in [4.69, 9.17) is 0 Å². The van der Waals surface area contributed by atoms with Gasteiger partial charge < -0.3 is 4.57 Å². The van der Waals surface area contributed by atoms with E-state index in [1.165, 1.54) is 19.5 Å². The Balaban J connectivity index is 1.95. The largest absolute Gasteiger partial charge is 0.350 e. The maximum absolute atomic E-state index is 3.76. The minimum Gasteiger partial charge on any atom is -0.350 e. The predicted octanol–water partition coefficient (Wildman–Crippen LogP) is 1.92. The average molecular weight is 176 g/mol. The van der Waals surface area contributed by atoms with Gasteiger partial charge in [0.25, 0.3) is 0 Å². The normalized spacial score (nSPS) is 23.5. The molecule has 1 saturated heterocycles. The molecule has 1 unspecified atom stereocenters. The minimum atomic E-state index is 0.676. The van der Waals surface area contributed by atoms with E-state index in [0.717, 1.165) is 6.54 Å². The Morgan fingerprint density at radius 3 is 2.85 bits per heavy atom. The summed E-state index contributed by atoms with van der Waals surface area (Å²) >= 11 is 0. The highest BCUT2D eigenvalue weighted by atomic mass is 15.2. The Morgan fingerprint density at radius 2 is 2.15 bits per heavy atom. The van der Waals surface area contributed by atoms with Gasteiger partial charge in [-0.3, -0.25) is 4.90 Å². The van der Waals surface area contributed by atoms with Crippen molar-refractivity contribution in [3.8, 4) is 0 Å². The molecular weight excluding hydrogens is 160 g/mol. The van der Waals surface area contributed by atoms with Gasteiger partial charge in [0.05, 0.1) is 0 Å². The quantitative estimate of drug-likeness (QED) is 0.639. The van der Waals surface area contributed by atoms with Crippen LogP contribution in [0.25, 0.3) is 0 Å². The zero-order chi connectivity index (χ0) is 9.10. The molecule has 70 valence electrons. The van der Waals surface area contributed by atoms with Crippen LogP contribution in [0.2, 0.25) is 0 Å². The molecule has 1 aromatic heterocycles. The molecule has 0 spiro atoms. The Kier molecular flexibility index (Phi) is 2.50. The average Bonchev–Trinajstić information content (AvgIpc) is 2.70. The lowest BCUT2D eigenvalue weighted by molar-refractivity contribution is 0.358. The molecule has 1 fully saturated rings. The molecule has 0 aromatic carbocycles. The molecule has 2 nitrogen and oxygen atoms in total. The van der Waals surface area contributed by atoms with Crippen LogP contribution in [0.15, 0.2) is 37.2 Å².